The minimum absolute atomic E-state index is 0.0754. The Kier molecular flexibility index (Phi) is 4.68. The van der Waals surface area contributed by atoms with Crippen LogP contribution in [0.2, 0.25) is 0 Å². The van der Waals surface area contributed by atoms with Crippen molar-refractivity contribution in [3.8, 4) is 0 Å². The molecule has 0 bridgehead atoms. The lowest BCUT2D eigenvalue weighted by Crippen LogP contribution is -2.58. The highest BCUT2D eigenvalue weighted by Crippen LogP contribution is 2.64. The molecular weight excluding hydrogens is 312 g/mol. The van der Waals surface area contributed by atoms with Gasteiger partial charge in [-0.05, 0) is 36.0 Å². The molecule has 4 rings (SSSR count). The molecule has 1 unspecified atom stereocenters. The Balaban J connectivity index is 1.95. The first kappa shape index (κ1) is 17.1. The molecule has 0 radical (unpaired) electrons. The minimum Gasteiger partial charge on any atom is -0.0654 e. The minimum atomic E-state index is 0.0754. The fourth-order valence-corrected chi connectivity index (χ4v) is 5.24. The van der Waals surface area contributed by atoms with E-state index in [-0.39, 0.29) is 10.8 Å². The van der Waals surface area contributed by atoms with E-state index in [4.69, 9.17) is 0 Å². The molecule has 0 N–H and O–H groups in total. The van der Waals surface area contributed by atoms with Crippen molar-refractivity contribution in [2.75, 3.05) is 0 Å². The summed E-state index contributed by atoms with van der Waals surface area (Å²) in [6, 6.07) is 33.7. The number of benzene rings is 3. The summed E-state index contributed by atoms with van der Waals surface area (Å²) in [6.45, 7) is 2.31. The van der Waals surface area contributed by atoms with Crippen LogP contribution in [0.1, 0.15) is 55.7 Å². The maximum atomic E-state index is 2.36. The summed E-state index contributed by atoms with van der Waals surface area (Å²) < 4.78 is 0. The van der Waals surface area contributed by atoms with Crippen LogP contribution in [-0.2, 0) is 10.8 Å². The van der Waals surface area contributed by atoms with E-state index in [1.54, 1.807) is 0 Å². The van der Waals surface area contributed by atoms with E-state index in [0.717, 1.165) is 0 Å². The number of unbranched alkanes of at least 4 members (excludes halogenated alkanes) is 1. The van der Waals surface area contributed by atoms with Gasteiger partial charge in [-0.1, -0.05) is 111 Å². The molecule has 26 heavy (non-hydrogen) atoms. The molecular formula is C26H28. The second kappa shape index (κ2) is 7.11. The van der Waals surface area contributed by atoms with Gasteiger partial charge in [0.25, 0.3) is 0 Å². The average molecular weight is 341 g/mol. The SMILES string of the molecule is CCCCC1(c2ccccc2)CCC1(c1ccccc1)c1ccccc1. The number of hydrogen-bond donors (Lipinski definition) is 0. The summed E-state index contributed by atoms with van der Waals surface area (Å²) in [7, 11) is 0. The van der Waals surface area contributed by atoms with Gasteiger partial charge in [0.15, 0.2) is 0 Å². The summed E-state index contributed by atoms with van der Waals surface area (Å²) in [5.74, 6) is 0. The molecule has 0 heteroatoms. The van der Waals surface area contributed by atoms with E-state index in [9.17, 15) is 0 Å². The Morgan fingerprint density at radius 2 is 1.08 bits per heavy atom. The Morgan fingerprint density at radius 3 is 1.46 bits per heavy atom. The molecule has 0 aromatic heterocycles. The third kappa shape index (κ3) is 2.51. The molecule has 0 aliphatic heterocycles. The predicted molar refractivity (Wildman–Crippen MR) is 111 cm³/mol. The molecule has 0 spiro atoms. The summed E-state index contributed by atoms with van der Waals surface area (Å²) in [6.07, 6.45) is 6.25. The summed E-state index contributed by atoms with van der Waals surface area (Å²) in [4.78, 5) is 0. The van der Waals surface area contributed by atoms with Crippen molar-refractivity contribution in [3.63, 3.8) is 0 Å². The standard InChI is InChI=1S/C26H28/c1-2-3-19-25(22-13-7-4-8-14-22)20-21-26(25,23-15-9-5-10-16-23)24-17-11-6-12-18-24/h4-18H,2-3,19-21H2,1H3. The van der Waals surface area contributed by atoms with Crippen LogP contribution in [0.15, 0.2) is 91.0 Å². The zero-order chi connectivity index (χ0) is 17.9. The predicted octanol–water partition coefficient (Wildman–Crippen LogP) is 6.89. The van der Waals surface area contributed by atoms with Crippen LogP contribution in [0.25, 0.3) is 0 Å². The number of hydrogen-bond acceptors (Lipinski definition) is 0. The van der Waals surface area contributed by atoms with Crippen LogP contribution in [0.5, 0.6) is 0 Å². The zero-order valence-electron chi connectivity index (χ0n) is 15.7. The second-order valence-electron chi connectivity index (χ2n) is 7.69. The lowest BCUT2D eigenvalue weighted by atomic mass is 9.41. The molecule has 3 aromatic carbocycles. The van der Waals surface area contributed by atoms with Gasteiger partial charge in [-0.25, -0.2) is 0 Å². The fraction of sp³-hybridized carbons (Fsp3) is 0.308. The van der Waals surface area contributed by atoms with E-state index < -0.39 is 0 Å². The molecule has 132 valence electrons. The maximum Gasteiger partial charge on any atom is 0.0299 e. The molecule has 1 fully saturated rings. The van der Waals surface area contributed by atoms with E-state index in [1.165, 1.54) is 48.8 Å². The largest absolute Gasteiger partial charge is 0.0654 e. The number of rotatable bonds is 6. The van der Waals surface area contributed by atoms with Crippen molar-refractivity contribution in [2.24, 2.45) is 0 Å². The van der Waals surface area contributed by atoms with Gasteiger partial charge in [0.05, 0.1) is 0 Å². The summed E-state index contributed by atoms with van der Waals surface area (Å²) >= 11 is 0. The first-order chi connectivity index (χ1) is 12.8. The monoisotopic (exact) mass is 340 g/mol. The molecule has 1 aliphatic rings. The van der Waals surface area contributed by atoms with Gasteiger partial charge in [0.1, 0.15) is 0 Å². The maximum absolute atomic E-state index is 2.36. The van der Waals surface area contributed by atoms with Crippen molar-refractivity contribution < 1.29 is 0 Å². The van der Waals surface area contributed by atoms with Crippen LogP contribution in [0.4, 0.5) is 0 Å². The molecule has 0 saturated heterocycles. The van der Waals surface area contributed by atoms with E-state index in [1.807, 2.05) is 0 Å². The van der Waals surface area contributed by atoms with E-state index in [2.05, 4.69) is 97.9 Å². The highest BCUT2D eigenvalue weighted by molar-refractivity contribution is 5.52. The van der Waals surface area contributed by atoms with Gasteiger partial charge < -0.3 is 0 Å². The lowest BCUT2D eigenvalue weighted by Gasteiger charge is -2.61. The van der Waals surface area contributed by atoms with Gasteiger partial charge in [-0.3, -0.25) is 0 Å². The van der Waals surface area contributed by atoms with Gasteiger partial charge in [-0.15, -0.1) is 0 Å². The first-order valence-electron chi connectivity index (χ1n) is 10.00. The third-order valence-corrected chi connectivity index (χ3v) is 6.56. The topological polar surface area (TPSA) is 0 Å². The van der Waals surface area contributed by atoms with E-state index >= 15 is 0 Å². The highest BCUT2D eigenvalue weighted by atomic mass is 14.6. The second-order valence-corrected chi connectivity index (χ2v) is 7.69. The molecule has 1 saturated carbocycles. The Hall–Kier alpha value is -2.34. The third-order valence-electron chi connectivity index (χ3n) is 6.56. The van der Waals surface area contributed by atoms with Crippen LogP contribution >= 0.6 is 0 Å². The molecule has 3 aromatic rings. The normalized spacial score (nSPS) is 21.1. The molecule has 1 atom stereocenters. The first-order valence-corrected chi connectivity index (χ1v) is 10.00. The summed E-state index contributed by atoms with van der Waals surface area (Å²) in [5, 5.41) is 0. The molecule has 0 nitrogen and oxygen atoms in total. The Labute approximate surface area is 157 Å². The van der Waals surface area contributed by atoms with E-state index in [0.29, 0.717) is 0 Å². The summed E-state index contributed by atoms with van der Waals surface area (Å²) in [5.41, 5.74) is 4.71. The lowest BCUT2D eigenvalue weighted by molar-refractivity contribution is 0.0949. The van der Waals surface area contributed by atoms with Crippen LogP contribution in [0, 0.1) is 0 Å². The van der Waals surface area contributed by atoms with Crippen LogP contribution < -0.4 is 0 Å². The molecule has 1 aliphatic carbocycles. The Morgan fingerprint density at radius 1 is 0.615 bits per heavy atom. The van der Waals surface area contributed by atoms with Crippen molar-refractivity contribution in [1.82, 2.24) is 0 Å². The van der Waals surface area contributed by atoms with Crippen molar-refractivity contribution in [3.05, 3.63) is 108 Å². The fourth-order valence-electron chi connectivity index (χ4n) is 5.24. The van der Waals surface area contributed by atoms with Gasteiger partial charge in [-0.2, -0.15) is 0 Å². The quantitative estimate of drug-likeness (QED) is 0.458. The molecule has 0 amide bonds. The van der Waals surface area contributed by atoms with Crippen molar-refractivity contribution >= 4 is 0 Å². The highest BCUT2D eigenvalue weighted by Gasteiger charge is 2.60. The van der Waals surface area contributed by atoms with Gasteiger partial charge >= 0.3 is 0 Å². The average Bonchev–Trinajstić information content (AvgIpc) is 2.71. The van der Waals surface area contributed by atoms with Gasteiger partial charge in [0, 0.05) is 10.8 Å². The molecule has 0 heterocycles. The smallest absolute Gasteiger partial charge is 0.0299 e. The van der Waals surface area contributed by atoms with Crippen molar-refractivity contribution in [2.45, 2.75) is 49.9 Å². The van der Waals surface area contributed by atoms with Crippen molar-refractivity contribution in [1.29, 1.82) is 0 Å². The van der Waals surface area contributed by atoms with Crippen LogP contribution in [0.3, 0.4) is 0 Å². The van der Waals surface area contributed by atoms with Crippen LogP contribution in [-0.4, -0.2) is 0 Å². The van der Waals surface area contributed by atoms with Gasteiger partial charge in [0.2, 0.25) is 0 Å². The zero-order valence-corrected chi connectivity index (χ0v) is 15.7. The Bertz CT molecular complexity index is 780.